The molecule has 27 heavy (non-hydrogen) atoms. The van der Waals surface area contributed by atoms with Gasteiger partial charge < -0.3 is 9.47 Å². The second-order valence-electron chi connectivity index (χ2n) is 6.21. The van der Waals surface area contributed by atoms with E-state index in [1.165, 1.54) is 0 Å². The Morgan fingerprint density at radius 1 is 1.07 bits per heavy atom. The van der Waals surface area contributed by atoms with Crippen LogP contribution in [-0.4, -0.2) is 33.9 Å². The van der Waals surface area contributed by atoms with Crippen LogP contribution in [0.1, 0.15) is 30.9 Å². The Balaban J connectivity index is 1.84. The molecule has 2 aromatic carbocycles. The molecule has 0 fully saturated rings. The first kappa shape index (κ1) is 20.8. The number of benzene rings is 2. The third-order valence-corrected chi connectivity index (χ3v) is 4.54. The minimum absolute atomic E-state index is 0.236. The monoisotopic (exact) mass is 391 g/mol. The van der Waals surface area contributed by atoms with Crippen molar-refractivity contribution in [1.29, 1.82) is 0 Å². The number of hydrogen-bond donors (Lipinski definition) is 1. The van der Waals surface area contributed by atoms with Gasteiger partial charge in [0.2, 0.25) is 10.0 Å². The summed E-state index contributed by atoms with van der Waals surface area (Å²) in [5, 5.41) is 0. The van der Waals surface area contributed by atoms with Gasteiger partial charge in [-0.15, -0.1) is 0 Å². The van der Waals surface area contributed by atoms with Crippen LogP contribution in [-0.2, 0) is 26.0 Å². The normalized spacial score (nSPS) is 12.3. The Bertz CT molecular complexity index is 845. The van der Waals surface area contributed by atoms with E-state index in [2.05, 4.69) is 4.72 Å². The van der Waals surface area contributed by atoms with E-state index in [0.29, 0.717) is 25.3 Å². The fraction of sp³-hybridized carbons (Fsp3) is 0.350. The SMILES string of the molecule is CCOC(=O)C(C)c1ccc(OCCc2ccc(NS(C)(=O)=O)cc2)cc1. The van der Waals surface area contributed by atoms with Crippen molar-refractivity contribution in [2.45, 2.75) is 26.2 Å². The summed E-state index contributed by atoms with van der Waals surface area (Å²) in [5.74, 6) is 0.184. The molecule has 0 bridgehead atoms. The van der Waals surface area contributed by atoms with Crippen LogP contribution in [0.25, 0.3) is 0 Å². The summed E-state index contributed by atoms with van der Waals surface area (Å²) in [6.07, 6.45) is 1.81. The highest BCUT2D eigenvalue weighted by molar-refractivity contribution is 7.92. The fourth-order valence-electron chi connectivity index (χ4n) is 2.50. The molecule has 2 aromatic rings. The van der Waals surface area contributed by atoms with Gasteiger partial charge in [0, 0.05) is 12.1 Å². The zero-order valence-corrected chi connectivity index (χ0v) is 16.6. The quantitative estimate of drug-likeness (QED) is 0.663. The maximum Gasteiger partial charge on any atom is 0.313 e. The number of rotatable bonds is 9. The summed E-state index contributed by atoms with van der Waals surface area (Å²) in [5.41, 5.74) is 2.46. The van der Waals surface area contributed by atoms with Crippen molar-refractivity contribution < 1.29 is 22.7 Å². The number of sulfonamides is 1. The highest BCUT2D eigenvalue weighted by Gasteiger charge is 2.16. The van der Waals surface area contributed by atoms with Crippen LogP contribution in [0.3, 0.4) is 0 Å². The fourth-order valence-corrected chi connectivity index (χ4v) is 3.06. The summed E-state index contributed by atoms with van der Waals surface area (Å²) >= 11 is 0. The molecular weight excluding hydrogens is 366 g/mol. The molecule has 0 aliphatic carbocycles. The Morgan fingerprint density at radius 2 is 1.70 bits per heavy atom. The standard InChI is InChI=1S/C20H25NO5S/c1-4-25-20(22)15(2)17-7-11-19(12-8-17)26-14-13-16-5-9-18(10-6-16)21-27(3,23)24/h5-12,15,21H,4,13-14H2,1-3H3. The van der Waals surface area contributed by atoms with Gasteiger partial charge in [0.05, 0.1) is 25.4 Å². The average molecular weight is 391 g/mol. The molecule has 0 saturated carbocycles. The van der Waals surface area contributed by atoms with Crippen molar-refractivity contribution in [1.82, 2.24) is 0 Å². The summed E-state index contributed by atoms with van der Waals surface area (Å²) in [6.45, 7) is 4.47. The summed E-state index contributed by atoms with van der Waals surface area (Å²) in [4.78, 5) is 11.8. The molecule has 0 aromatic heterocycles. The average Bonchev–Trinajstić information content (AvgIpc) is 2.62. The summed E-state index contributed by atoms with van der Waals surface area (Å²) in [6, 6.07) is 14.6. The highest BCUT2D eigenvalue weighted by Crippen LogP contribution is 2.21. The lowest BCUT2D eigenvalue weighted by Gasteiger charge is -2.12. The van der Waals surface area contributed by atoms with Gasteiger partial charge in [0.1, 0.15) is 5.75 Å². The first-order chi connectivity index (χ1) is 12.8. The third-order valence-electron chi connectivity index (χ3n) is 3.94. The second-order valence-corrected chi connectivity index (χ2v) is 7.96. The molecule has 0 spiro atoms. The van der Waals surface area contributed by atoms with Crippen molar-refractivity contribution in [2.75, 3.05) is 24.2 Å². The van der Waals surface area contributed by atoms with Crippen LogP contribution >= 0.6 is 0 Å². The van der Waals surface area contributed by atoms with Gasteiger partial charge in [0.25, 0.3) is 0 Å². The number of nitrogens with one attached hydrogen (secondary N) is 1. The van der Waals surface area contributed by atoms with Gasteiger partial charge in [-0.1, -0.05) is 24.3 Å². The lowest BCUT2D eigenvalue weighted by atomic mass is 10.0. The van der Waals surface area contributed by atoms with Crippen LogP contribution in [0.2, 0.25) is 0 Å². The molecular formula is C20H25NO5S. The van der Waals surface area contributed by atoms with Gasteiger partial charge >= 0.3 is 5.97 Å². The molecule has 0 aliphatic heterocycles. The maximum atomic E-state index is 11.8. The molecule has 1 N–H and O–H groups in total. The van der Waals surface area contributed by atoms with E-state index in [9.17, 15) is 13.2 Å². The number of anilines is 1. The van der Waals surface area contributed by atoms with Crippen molar-refractivity contribution in [2.24, 2.45) is 0 Å². The van der Waals surface area contributed by atoms with Crippen molar-refractivity contribution in [3.05, 3.63) is 59.7 Å². The smallest absolute Gasteiger partial charge is 0.313 e. The third kappa shape index (κ3) is 6.94. The van der Waals surface area contributed by atoms with Crippen molar-refractivity contribution in [3.63, 3.8) is 0 Å². The first-order valence-corrected chi connectivity index (χ1v) is 10.6. The van der Waals surface area contributed by atoms with Crippen molar-refractivity contribution >= 4 is 21.7 Å². The number of esters is 1. The molecule has 0 saturated heterocycles. The molecule has 0 amide bonds. The highest BCUT2D eigenvalue weighted by atomic mass is 32.2. The number of hydrogen-bond acceptors (Lipinski definition) is 5. The zero-order valence-electron chi connectivity index (χ0n) is 15.8. The van der Waals surface area contributed by atoms with E-state index >= 15 is 0 Å². The molecule has 146 valence electrons. The van der Waals surface area contributed by atoms with Gasteiger partial charge in [-0.05, 0) is 49.2 Å². The van der Waals surface area contributed by atoms with Gasteiger partial charge in [-0.25, -0.2) is 8.42 Å². The van der Waals surface area contributed by atoms with E-state index in [1.807, 2.05) is 43.3 Å². The molecule has 0 heterocycles. The minimum atomic E-state index is -3.27. The Kier molecular flexibility index (Phi) is 7.24. The number of ether oxygens (including phenoxy) is 2. The molecule has 6 nitrogen and oxygen atoms in total. The van der Waals surface area contributed by atoms with Crippen LogP contribution in [0.15, 0.2) is 48.5 Å². The predicted molar refractivity (Wildman–Crippen MR) is 106 cm³/mol. The molecule has 0 aliphatic rings. The number of carbonyl (C=O) groups is 1. The van der Waals surface area contributed by atoms with Crippen LogP contribution in [0, 0.1) is 0 Å². The summed E-state index contributed by atoms with van der Waals surface area (Å²) in [7, 11) is -3.27. The first-order valence-electron chi connectivity index (χ1n) is 8.74. The lowest BCUT2D eigenvalue weighted by Crippen LogP contribution is -2.12. The molecule has 7 heteroatoms. The topological polar surface area (TPSA) is 81.7 Å². The molecule has 1 atom stereocenters. The molecule has 1 unspecified atom stereocenters. The van der Waals surface area contributed by atoms with Gasteiger partial charge in [-0.2, -0.15) is 0 Å². The predicted octanol–water partition coefficient (Wildman–Crippen LogP) is 3.35. The molecule has 0 radical (unpaired) electrons. The van der Waals surface area contributed by atoms with E-state index < -0.39 is 10.0 Å². The van der Waals surface area contributed by atoms with Crippen LogP contribution in [0.4, 0.5) is 5.69 Å². The van der Waals surface area contributed by atoms with Crippen LogP contribution in [0.5, 0.6) is 5.75 Å². The van der Waals surface area contributed by atoms with E-state index in [4.69, 9.17) is 9.47 Å². The van der Waals surface area contributed by atoms with E-state index in [0.717, 1.165) is 23.1 Å². The second kappa shape index (κ2) is 9.41. The number of carbonyl (C=O) groups excluding carboxylic acids is 1. The maximum absolute atomic E-state index is 11.8. The van der Waals surface area contributed by atoms with E-state index in [-0.39, 0.29) is 11.9 Å². The zero-order chi connectivity index (χ0) is 19.9. The van der Waals surface area contributed by atoms with Crippen LogP contribution < -0.4 is 9.46 Å². The summed E-state index contributed by atoms with van der Waals surface area (Å²) < 4.78 is 35.6. The van der Waals surface area contributed by atoms with Crippen molar-refractivity contribution in [3.8, 4) is 5.75 Å². The molecule has 2 rings (SSSR count). The Morgan fingerprint density at radius 3 is 2.26 bits per heavy atom. The van der Waals surface area contributed by atoms with Gasteiger partial charge in [-0.3, -0.25) is 9.52 Å². The Hall–Kier alpha value is -2.54. The lowest BCUT2D eigenvalue weighted by molar-refractivity contribution is -0.144. The van der Waals surface area contributed by atoms with E-state index in [1.54, 1.807) is 19.1 Å². The van der Waals surface area contributed by atoms with Gasteiger partial charge in [0.15, 0.2) is 0 Å². The largest absolute Gasteiger partial charge is 0.493 e. The Labute approximate surface area is 160 Å². The minimum Gasteiger partial charge on any atom is -0.493 e.